The molecule has 0 spiro atoms. The van der Waals surface area contributed by atoms with E-state index in [2.05, 4.69) is 4.90 Å². The van der Waals surface area contributed by atoms with E-state index in [1.165, 1.54) is 12.1 Å². The van der Waals surface area contributed by atoms with Gasteiger partial charge in [-0.1, -0.05) is 0 Å². The largest absolute Gasteiger partial charge is 0.331 e. The summed E-state index contributed by atoms with van der Waals surface area (Å²) in [5, 5.41) is 0. The predicted molar refractivity (Wildman–Crippen MR) is 86.8 cm³/mol. The summed E-state index contributed by atoms with van der Waals surface area (Å²) in [5.74, 6) is -0.635. The first kappa shape index (κ1) is 15.8. The van der Waals surface area contributed by atoms with E-state index in [9.17, 15) is 13.6 Å². The van der Waals surface area contributed by atoms with Crippen LogP contribution in [-0.4, -0.2) is 66.5 Å². The minimum absolute atomic E-state index is 0.00174. The van der Waals surface area contributed by atoms with Crippen molar-refractivity contribution in [2.45, 2.75) is 30.8 Å². The van der Waals surface area contributed by atoms with Gasteiger partial charge in [0.1, 0.15) is 11.6 Å². The van der Waals surface area contributed by atoms with E-state index in [0.29, 0.717) is 18.0 Å². The molecular formula is C18H23F2N3O. The van der Waals surface area contributed by atoms with Gasteiger partial charge in [-0.05, 0) is 49.5 Å². The van der Waals surface area contributed by atoms with Gasteiger partial charge >= 0.3 is 6.03 Å². The van der Waals surface area contributed by atoms with E-state index in [0.717, 1.165) is 32.0 Å². The predicted octanol–water partition coefficient (Wildman–Crippen LogP) is 2.51. The maximum absolute atomic E-state index is 13.7. The zero-order valence-electron chi connectivity index (χ0n) is 14.1. The number of amides is 2. The lowest BCUT2D eigenvalue weighted by atomic mass is 9.75. The number of piperidine rings is 3. The minimum atomic E-state index is -0.546. The number of benzene rings is 1. The van der Waals surface area contributed by atoms with Crippen LogP contribution >= 0.6 is 0 Å². The average Bonchev–Trinajstić information content (AvgIpc) is 2.97. The summed E-state index contributed by atoms with van der Waals surface area (Å²) >= 11 is 0. The van der Waals surface area contributed by atoms with Gasteiger partial charge in [-0.3, -0.25) is 4.90 Å². The van der Waals surface area contributed by atoms with E-state index < -0.39 is 11.6 Å². The van der Waals surface area contributed by atoms with Gasteiger partial charge in [0, 0.05) is 38.7 Å². The first-order valence-corrected chi connectivity index (χ1v) is 8.63. The highest BCUT2D eigenvalue weighted by Crippen LogP contribution is 2.46. The van der Waals surface area contributed by atoms with Gasteiger partial charge < -0.3 is 9.80 Å². The quantitative estimate of drug-likeness (QED) is 0.788. The fourth-order valence-electron chi connectivity index (χ4n) is 4.98. The molecule has 6 heteroatoms. The van der Waals surface area contributed by atoms with Crippen LogP contribution in [0.5, 0.6) is 0 Å². The first-order chi connectivity index (χ1) is 11.5. The molecule has 1 aromatic carbocycles. The monoisotopic (exact) mass is 335 g/mol. The summed E-state index contributed by atoms with van der Waals surface area (Å²) in [5.41, 5.74) is 0.670. The van der Waals surface area contributed by atoms with Gasteiger partial charge in [-0.2, -0.15) is 0 Å². The van der Waals surface area contributed by atoms with Crippen LogP contribution in [-0.2, 0) is 0 Å². The van der Waals surface area contributed by atoms with Crippen LogP contribution in [0.1, 0.15) is 24.3 Å². The molecule has 4 aliphatic heterocycles. The normalized spacial score (nSPS) is 34.3. The Bertz CT molecular complexity index is 637. The molecule has 4 saturated heterocycles. The second-order valence-corrected chi connectivity index (χ2v) is 7.49. The van der Waals surface area contributed by atoms with Crippen LogP contribution in [0.3, 0.4) is 0 Å². The SMILES string of the molecule is CN(C)C(=O)N1C[C@@H](c2cc(F)cc(F)c2)[C@@H]2[C@H]1C1CCN2CC1. The number of carbonyl (C=O) groups excluding carboxylic acids is 1. The summed E-state index contributed by atoms with van der Waals surface area (Å²) in [4.78, 5) is 18.6. The Morgan fingerprint density at radius 1 is 1.08 bits per heavy atom. The summed E-state index contributed by atoms with van der Waals surface area (Å²) in [6.07, 6.45) is 2.20. The molecule has 24 heavy (non-hydrogen) atoms. The fraction of sp³-hybridized carbons (Fsp3) is 0.611. The Kier molecular flexibility index (Phi) is 3.75. The second-order valence-electron chi connectivity index (χ2n) is 7.49. The number of halogens is 2. The Morgan fingerprint density at radius 3 is 2.29 bits per heavy atom. The number of likely N-dealkylation sites (tertiary alicyclic amines) is 1. The third kappa shape index (κ3) is 2.39. The van der Waals surface area contributed by atoms with Gasteiger partial charge in [0.15, 0.2) is 0 Å². The summed E-state index contributed by atoms with van der Waals surface area (Å²) in [6.45, 7) is 2.57. The number of rotatable bonds is 1. The van der Waals surface area contributed by atoms with Crippen LogP contribution in [0.15, 0.2) is 18.2 Å². The second kappa shape index (κ2) is 5.69. The van der Waals surface area contributed by atoms with Gasteiger partial charge in [0.25, 0.3) is 0 Å². The number of urea groups is 1. The highest BCUT2D eigenvalue weighted by atomic mass is 19.1. The molecule has 1 aromatic rings. The third-order valence-electron chi connectivity index (χ3n) is 5.94. The van der Waals surface area contributed by atoms with Crippen LogP contribution < -0.4 is 0 Å². The Morgan fingerprint density at radius 2 is 1.71 bits per heavy atom. The van der Waals surface area contributed by atoms with Crippen LogP contribution in [0, 0.1) is 17.6 Å². The van der Waals surface area contributed by atoms with Crippen molar-refractivity contribution >= 4 is 6.03 Å². The van der Waals surface area contributed by atoms with E-state index in [1.807, 2.05) is 4.90 Å². The van der Waals surface area contributed by atoms with E-state index >= 15 is 0 Å². The minimum Gasteiger partial charge on any atom is -0.331 e. The maximum Gasteiger partial charge on any atom is 0.319 e. The Hall–Kier alpha value is -1.69. The maximum atomic E-state index is 13.7. The number of hydrogen-bond acceptors (Lipinski definition) is 2. The van der Waals surface area contributed by atoms with Crippen LogP contribution in [0.2, 0.25) is 0 Å². The third-order valence-corrected chi connectivity index (χ3v) is 5.94. The van der Waals surface area contributed by atoms with Gasteiger partial charge in [-0.15, -0.1) is 0 Å². The molecule has 0 aliphatic carbocycles. The fourth-order valence-corrected chi connectivity index (χ4v) is 4.98. The van der Waals surface area contributed by atoms with Crippen molar-refractivity contribution in [2.75, 3.05) is 33.7 Å². The zero-order valence-corrected chi connectivity index (χ0v) is 14.1. The molecule has 0 saturated carbocycles. The number of nitrogens with zero attached hydrogens (tertiary/aromatic N) is 3. The van der Waals surface area contributed by atoms with Crippen molar-refractivity contribution in [2.24, 2.45) is 5.92 Å². The lowest BCUT2D eigenvalue weighted by Gasteiger charge is -2.51. The topological polar surface area (TPSA) is 26.8 Å². The summed E-state index contributed by atoms with van der Waals surface area (Å²) < 4.78 is 27.5. The van der Waals surface area contributed by atoms with Crippen LogP contribution in [0.25, 0.3) is 0 Å². The molecule has 3 atom stereocenters. The van der Waals surface area contributed by atoms with Crippen molar-refractivity contribution in [1.82, 2.24) is 14.7 Å². The molecule has 4 fully saturated rings. The molecule has 2 amide bonds. The van der Waals surface area contributed by atoms with Gasteiger partial charge in [0.2, 0.25) is 0 Å². The molecule has 130 valence electrons. The molecule has 4 aliphatic rings. The van der Waals surface area contributed by atoms with Crippen molar-refractivity contribution < 1.29 is 13.6 Å². The van der Waals surface area contributed by atoms with Crippen molar-refractivity contribution in [1.29, 1.82) is 0 Å². The molecule has 0 unspecified atom stereocenters. The van der Waals surface area contributed by atoms with Crippen LogP contribution in [0.4, 0.5) is 13.6 Å². The highest BCUT2D eigenvalue weighted by Gasteiger charge is 2.54. The number of carbonyl (C=O) groups is 1. The molecule has 0 N–H and O–H groups in total. The van der Waals surface area contributed by atoms with E-state index in [-0.39, 0.29) is 24.0 Å². The zero-order chi connectivity index (χ0) is 17.0. The Labute approximate surface area is 141 Å². The lowest BCUT2D eigenvalue weighted by Crippen LogP contribution is -2.61. The highest BCUT2D eigenvalue weighted by molar-refractivity contribution is 5.75. The van der Waals surface area contributed by atoms with Crippen molar-refractivity contribution in [3.63, 3.8) is 0 Å². The first-order valence-electron chi connectivity index (χ1n) is 8.63. The molecule has 0 aromatic heterocycles. The summed E-state index contributed by atoms with van der Waals surface area (Å²) in [6, 6.07) is 4.08. The number of hydrogen-bond donors (Lipinski definition) is 0. The summed E-state index contributed by atoms with van der Waals surface area (Å²) in [7, 11) is 3.52. The van der Waals surface area contributed by atoms with Gasteiger partial charge in [0.05, 0.1) is 6.04 Å². The average molecular weight is 335 g/mol. The Balaban J connectivity index is 1.73. The van der Waals surface area contributed by atoms with Gasteiger partial charge in [-0.25, -0.2) is 13.6 Å². The number of fused-ring (bicyclic) bond motifs is 2. The molecule has 0 radical (unpaired) electrons. The van der Waals surface area contributed by atoms with E-state index in [1.54, 1.807) is 19.0 Å². The molecular weight excluding hydrogens is 312 g/mol. The van der Waals surface area contributed by atoms with Crippen molar-refractivity contribution in [3.05, 3.63) is 35.4 Å². The smallest absolute Gasteiger partial charge is 0.319 e. The molecule has 4 nitrogen and oxygen atoms in total. The molecule has 2 bridgehead atoms. The van der Waals surface area contributed by atoms with E-state index in [4.69, 9.17) is 0 Å². The lowest BCUT2D eigenvalue weighted by molar-refractivity contribution is 0.000873. The van der Waals surface area contributed by atoms with Crippen molar-refractivity contribution in [3.8, 4) is 0 Å². The standard InChI is InChI=1S/C18H23F2N3O/c1-21(2)18(24)23-10-15(12-7-13(19)9-14(20)8-12)17-16(23)11-3-5-22(17)6-4-11/h7-9,11,15-17H,3-6,10H2,1-2H3/t15-,16+,17+/m0/s1. The molecule has 5 rings (SSSR count). The molecule has 4 heterocycles.